The minimum atomic E-state index is -4.70. The highest BCUT2D eigenvalue weighted by molar-refractivity contribution is 5.58. The largest absolute Gasteiger partial charge is 0.433 e. The normalized spacial score (nSPS) is 12.1. The Morgan fingerprint density at radius 1 is 0.844 bits per heavy atom. The van der Waals surface area contributed by atoms with Gasteiger partial charge in [0.05, 0.1) is 0 Å². The lowest BCUT2D eigenvalue weighted by Crippen LogP contribution is -2.12. The summed E-state index contributed by atoms with van der Waals surface area (Å²) in [5.74, 6) is -0.692. The van der Waals surface area contributed by atoms with Crippen LogP contribution in [0.3, 0.4) is 0 Å². The molecule has 0 atom stereocenters. The van der Waals surface area contributed by atoms with Gasteiger partial charge in [-0.2, -0.15) is 51.1 Å². The monoisotopic (exact) mass is 453 g/mol. The Morgan fingerprint density at radius 2 is 1.62 bits per heavy atom. The Balaban J connectivity index is 1.78. The van der Waals surface area contributed by atoms with Gasteiger partial charge in [-0.05, 0) is 24.3 Å². The number of alkyl halides is 6. The van der Waals surface area contributed by atoms with E-state index in [1.54, 1.807) is 0 Å². The molecule has 0 aromatic carbocycles. The van der Waals surface area contributed by atoms with Crippen LogP contribution in [0, 0.1) is 0 Å². The molecule has 0 bridgehead atoms. The highest BCUT2D eigenvalue weighted by Gasteiger charge is 2.33. The molecule has 0 saturated carbocycles. The fraction of sp³-hybridized carbons (Fsp3) is 0.118. The van der Waals surface area contributed by atoms with Crippen molar-refractivity contribution in [3.63, 3.8) is 0 Å². The van der Waals surface area contributed by atoms with Crippen LogP contribution >= 0.6 is 0 Å². The first-order valence-corrected chi connectivity index (χ1v) is 8.55. The Bertz CT molecular complexity index is 1240. The van der Waals surface area contributed by atoms with Crippen LogP contribution in [0.25, 0.3) is 17.5 Å². The molecule has 0 saturated heterocycles. The van der Waals surface area contributed by atoms with Crippen molar-refractivity contribution in [2.75, 3.05) is 5.32 Å². The molecule has 0 aliphatic heterocycles. The third kappa shape index (κ3) is 4.60. The highest BCUT2D eigenvalue weighted by Crippen LogP contribution is 2.30. The van der Waals surface area contributed by atoms with Gasteiger partial charge in [0.25, 0.3) is 5.95 Å². The van der Waals surface area contributed by atoms with Crippen LogP contribution in [0.2, 0.25) is 0 Å². The molecule has 0 aliphatic rings. The van der Waals surface area contributed by atoms with E-state index < -0.39 is 23.7 Å². The predicted octanol–water partition coefficient (Wildman–Crippen LogP) is 3.69. The number of pyridine rings is 2. The second-order valence-corrected chi connectivity index (χ2v) is 6.08. The van der Waals surface area contributed by atoms with Crippen LogP contribution in [-0.2, 0) is 12.4 Å². The summed E-state index contributed by atoms with van der Waals surface area (Å²) in [4.78, 5) is 22.6. The van der Waals surface area contributed by atoms with E-state index in [9.17, 15) is 26.3 Å². The van der Waals surface area contributed by atoms with Gasteiger partial charge < -0.3 is 5.32 Å². The molecule has 4 aromatic rings. The molecule has 164 valence electrons. The van der Waals surface area contributed by atoms with E-state index in [0.717, 1.165) is 35.4 Å². The molecule has 4 aromatic heterocycles. The molecule has 4 rings (SSSR count). The van der Waals surface area contributed by atoms with Crippen LogP contribution < -0.4 is 5.32 Å². The molecular weight excluding hydrogens is 444 g/mol. The summed E-state index contributed by atoms with van der Waals surface area (Å²) in [5.41, 5.74) is -2.63. The van der Waals surface area contributed by atoms with Crippen molar-refractivity contribution in [1.29, 1.82) is 0 Å². The summed E-state index contributed by atoms with van der Waals surface area (Å²) in [5, 5.41) is 6.40. The third-order valence-corrected chi connectivity index (χ3v) is 3.82. The molecule has 0 unspecified atom stereocenters. The smallest absolute Gasteiger partial charge is 0.324 e. The van der Waals surface area contributed by atoms with Crippen LogP contribution in [0.4, 0.5) is 38.0 Å². The zero-order valence-corrected chi connectivity index (χ0v) is 15.5. The second kappa shape index (κ2) is 7.82. The first-order chi connectivity index (χ1) is 15.1. The first-order valence-electron chi connectivity index (χ1n) is 8.55. The number of halogens is 6. The van der Waals surface area contributed by atoms with E-state index in [-0.39, 0.29) is 29.1 Å². The van der Waals surface area contributed by atoms with Gasteiger partial charge in [-0.25, -0.2) is 9.97 Å². The van der Waals surface area contributed by atoms with Gasteiger partial charge in [-0.3, -0.25) is 4.98 Å². The average Bonchev–Trinajstić information content (AvgIpc) is 3.28. The van der Waals surface area contributed by atoms with Gasteiger partial charge in [-0.1, -0.05) is 6.07 Å². The molecule has 0 spiro atoms. The zero-order chi connectivity index (χ0) is 22.9. The van der Waals surface area contributed by atoms with Gasteiger partial charge in [0.2, 0.25) is 5.95 Å². The minimum Gasteiger partial charge on any atom is -0.324 e. The third-order valence-electron chi connectivity index (χ3n) is 3.82. The van der Waals surface area contributed by atoms with Gasteiger partial charge >= 0.3 is 12.4 Å². The SMILES string of the molecule is FC(F)(F)c1cc(Nc2nc(-c3cccc(C(F)(F)F)n3)nc(-n3cncn3)n2)ccn1. The van der Waals surface area contributed by atoms with Gasteiger partial charge in [-0.15, -0.1) is 0 Å². The maximum atomic E-state index is 13.0. The summed E-state index contributed by atoms with van der Waals surface area (Å²) >= 11 is 0. The second-order valence-electron chi connectivity index (χ2n) is 6.08. The predicted molar refractivity (Wildman–Crippen MR) is 95.5 cm³/mol. The van der Waals surface area contributed by atoms with Gasteiger partial charge in [0.15, 0.2) is 5.82 Å². The van der Waals surface area contributed by atoms with Crippen LogP contribution in [0.5, 0.6) is 0 Å². The van der Waals surface area contributed by atoms with E-state index in [1.165, 1.54) is 18.5 Å². The van der Waals surface area contributed by atoms with E-state index in [1.807, 2.05) is 0 Å². The zero-order valence-electron chi connectivity index (χ0n) is 15.5. The summed E-state index contributed by atoms with van der Waals surface area (Å²) < 4.78 is 79.0. The molecule has 0 aliphatic carbocycles. The summed E-state index contributed by atoms with van der Waals surface area (Å²) in [7, 11) is 0. The number of aromatic nitrogens is 8. The van der Waals surface area contributed by atoms with Crippen molar-refractivity contribution >= 4 is 11.6 Å². The highest BCUT2D eigenvalue weighted by atomic mass is 19.4. The fourth-order valence-corrected chi connectivity index (χ4v) is 2.46. The van der Waals surface area contributed by atoms with Crippen molar-refractivity contribution in [2.24, 2.45) is 0 Å². The van der Waals surface area contributed by atoms with Crippen molar-refractivity contribution in [3.8, 4) is 17.5 Å². The van der Waals surface area contributed by atoms with Crippen LogP contribution in [0.1, 0.15) is 11.4 Å². The molecule has 0 fully saturated rings. The van der Waals surface area contributed by atoms with Crippen molar-refractivity contribution in [3.05, 3.63) is 60.6 Å². The Labute approximate surface area is 174 Å². The van der Waals surface area contributed by atoms with E-state index in [4.69, 9.17) is 0 Å². The molecule has 4 heterocycles. The number of anilines is 2. The molecule has 32 heavy (non-hydrogen) atoms. The van der Waals surface area contributed by atoms with Crippen molar-refractivity contribution in [2.45, 2.75) is 12.4 Å². The van der Waals surface area contributed by atoms with Gasteiger partial charge in [0.1, 0.15) is 29.7 Å². The maximum absolute atomic E-state index is 13.0. The Kier molecular flexibility index (Phi) is 5.15. The fourth-order valence-electron chi connectivity index (χ4n) is 2.46. The van der Waals surface area contributed by atoms with Crippen molar-refractivity contribution < 1.29 is 26.3 Å². The minimum absolute atomic E-state index is 0.0639. The lowest BCUT2D eigenvalue weighted by atomic mass is 10.3. The van der Waals surface area contributed by atoms with E-state index in [2.05, 4.69) is 40.3 Å². The molecule has 9 nitrogen and oxygen atoms in total. The van der Waals surface area contributed by atoms with Crippen LogP contribution in [-0.4, -0.2) is 39.7 Å². The summed E-state index contributed by atoms with van der Waals surface area (Å²) in [6.45, 7) is 0. The quantitative estimate of drug-likeness (QED) is 0.467. The molecule has 0 radical (unpaired) electrons. The number of nitrogens with one attached hydrogen (secondary N) is 1. The summed E-state index contributed by atoms with van der Waals surface area (Å²) in [6.07, 6.45) is -6.08. The number of hydrogen-bond donors (Lipinski definition) is 1. The number of hydrogen-bond acceptors (Lipinski definition) is 8. The lowest BCUT2D eigenvalue weighted by Gasteiger charge is -2.11. The first kappa shape index (κ1) is 21.1. The number of nitrogens with zero attached hydrogens (tertiary/aromatic N) is 8. The molecule has 15 heteroatoms. The van der Waals surface area contributed by atoms with E-state index >= 15 is 0 Å². The van der Waals surface area contributed by atoms with E-state index in [0.29, 0.717) is 0 Å². The summed E-state index contributed by atoms with van der Waals surface area (Å²) in [6, 6.07) is 5.10. The van der Waals surface area contributed by atoms with Crippen molar-refractivity contribution in [1.82, 2.24) is 39.7 Å². The molecule has 0 amide bonds. The maximum Gasteiger partial charge on any atom is 0.433 e. The van der Waals surface area contributed by atoms with Crippen LogP contribution in [0.15, 0.2) is 49.2 Å². The molecule has 1 N–H and O–H groups in total. The average molecular weight is 453 g/mol. The standard InChI is InChI=1S/C17H9F6N9/c18-16(19,20)11-3-1-2-10(28-11)13-29-14(31-15(30-13)32-8-24-7-26-32)27-9-4-5-25-12(6-9)17(21,22)23/h1-8H,(H,25,27,29,30,31). The van der Waals surface area contributed by atoms with Gasteiger partial charge in [0, 0.05) is 11.9 Å². The Morgan fingerprint density at radius 3 is 2.31 bits per heavy atom. The topological polar surface area (TPSA) is 107 Å². The number of rotatable bonds is 4. The Hall–Kier alpha value is -4.17. The lowest BCUT2D eigenvalue weighted by molar-refractivity contribution is -0.141. The molecular formula is C17H9F6N9.